The number of ether oxygens (including phenoxy) is 1. The lowest BCUT2D eigenvalue weighted by molar-refractivity contribution is -0.146. The van der Waals surface area contributed by atoms with Crippen molar-refractivity contribution in [1.29, 1.82) is 0 Å². The van der Waals surface area contributed by atoms with Gasteiger partial charge in [-0.1, -0.05) is 0 Å². The molecule has 0 saturated heterocycles. The van der Waals surface area contributed by atoms with Gasteiger partial charge in [0.1, 0.15) is 5.05 Å². The lowest BCUT2D eigenvalue weighted by Gasteiger charge is -2.28. The van der Waals surface area contributed by atoms with Crippen LogP contribution in [0.1, 0.15) is 25.7 Å². The predicted octanol–water partition coefficient (Wildman–Crippen LogP) is 0.541. The van der Waals surface area contributed by atoms with E-state index in [4.69, 9.17) is 4.55 Å². The Kier molecular flexibility index (Phi) is 4.31. The fourth-order valence-corrected chi connectivity index (χ4v) is 2.61. The molecule has 1 unspecified atom stereocenters. The summed E-state index contributed by atoms with van der Waals surface area (Å²) in [5, 5.41) is 8.36. The van der Waals surface area contributed by atoms with Crippen molar-refractivity contribution in [2.24, 2.45) is 11.8 Å². The molecule has 6 nitrogen and oxygen atoms in total. The molecule has 1 rings (SSSR count). The molecule has 0 amide bonds. The molecule has 0 aliphatic heterocycles. The van der Waals surface area contributed by atoms with Crippen LogP contribution in [0.25, 0.3) is 0 Å². The first-order chi connectivity index (χ1) is 7.36. The monoisotopic (exact) mass is 251 g/mol. The van der Waals surface area contributed by atoms with Gasteiger partial charge in [-0.2, -0.15) is 0 Å². The molecule has 0 bridgehead atoms. The molecular weight excluding hydrogens is 236 g/mol. The van der Waals surface area contributed by atoms with Gasteiger partial charge in [0.05, 0.1) is 13.0 Å². The number of aliphatic hydroxyl groups is 1. The zero-order valence-electron chi connectivity index (χ0n) is 8.92. The maximum absolute atomic E-state index is 11.2. The van der Waals surface area contributed by atoms with Crippen molar-refractivity contribution in [3.05, 3.63) is 0 Å². The van der Waals surface area contributed by atoms with Crippen LogP contribution in [-0.2, 0) is 19.6 Å². The van der Waals surface area contributed by atoms with Gasteiger partial charge in [-0.15, -0.1) is 0 Å². The normalized spacial score (nSPS) is 29.2. The smallest absolute Gasteiger partial charge is 0.308 e. The Labute approximate surface area is 94.3 Å². The first-order valence-electron chi connectivity index (χ1n) is 4.97. The molecule has 94 valence electrons. The van der Waals surface area contributed by atoms with Crippen molar-refractivity contribution >= 4 is 21.1 Å². The predicted molar refractivity (Wildman–Crippen MR) is 56.6 cm³/mol. The summed E-state index contributed by atoms with van der Waals surface area (Å²) in [4.78, 5) is 11.2. The highest BCUT2D eigenvalue weighted by Gasteiger charge is 2.29. The van der Waals surface area contributed by atoms with E-state index in [0.29, 0.717) is 25.7 Å². The first-order valence-corrected chi connectivity index (χ1v) is 6.41. The Morgan fingerprint density at radius 2 is 1.75 bits per heavy atom. The van der Waals surface area contributed by atoms with Crippen LogP contribution >= 0.6 is 0 Å². The maximum atomic E-state index is 11.2. The molecule has 1 fully saturated rings. The zero-order valence-corrected chi connectivity index (χ0v) is 9.74. The van der Waals surface area contributed by atoms with E-state index in [0.717, 1.165) is 0 Å². The van der Waals surface area contributed by atoms with Gasteiger partial charge in [-0.25, -0.2) is 0 Å². The molecule has 2 N–H and O–H groups in total. The van der Waals surface area contributed by atoms with Crippen LogP contribution in [0.3, 0.4) is 0 Å². The van der Waals surface area contributed by atoms with Gasteiger partial charge < -0.3 is 18.9 Å². The third kappa shape index (κ3) is 3.18. The Morgan fingerprint density at radius 1 is 1.31 bits per heavy atom. The fraction of sp³-hybridized carbons (Fsp3) is 0.778. The quantitative estimate of drug-likeness (QED) is 0.548. The molecule has 0 aromatic carbocycles. The van der Waals surface area contributed by atoms with Gasteiger partial charge in [0.2, 0.25) is 0 Å². The number of aliphatic hydroxyl groups excluding tert-OH is 1. The largest absolute Gasteiger partial charge is 0.755 e. The Morgan fingerprint density at radius 3 is 2.12 bits per heavy atom. The fourth-order valence-electron chi connectivity index (χ4n) is 1.95. The molecule has 0 radical (unpaired) electrons. The molecule has 1 aliphatic carbocycles. The summed E-state index contributed by atoms with van der Waals surface area (Å²) >= 11 is 0. The number of hydrogen-bond donors (Lipinski definition) is 2. The van der Waals surface area contributed by atoms with Crippen LogP contribution in [0, 0.1) is 11.8 Å². The number of carbonyl (C=O) groups excluding carboxylic acids is 1. The molecule has 0 aromatic rings. The second-order valence-corrected chi connectivity index (χ2v) is 5.25. The zero-order chi connectivity index (χ0) is 12.3. The van der Waals surface area contributed by atoms with E-state index in [1.54, 1.807) is 0 Å². The van der Waals surface area contributed by atoms with Crippen LogP contribution < -0.4 is 0 Å². The SMILES string of the molecule is COC(=O)C1CCC(C(O)=S(=O)([O-])O)CC1. The Bertz CT molecular complexity index is 365. The van der Waals surface area contributed by atoms with E-state index in [1.165, 1.54) is 7.11 Å². The standard InChI is InChI=1S/C9H16O6S/c1-15-8(10)6-2-4-7(5-3-6)9(11)16(12,13)14/h6-7,11H,2-5H2,1H3,(H2,12,13,14)/p-1. The van der Waals surface area contributed by atoms with Crippen LogP contribution in [0.4, 0.5) is 0 Å². The lowest BCUT2D eigenvalue weighted by Crippen LogP contribution is -2.29. The number of carbonyl (C=O) groups is 1. The third-order valence-electron chi connectivity index (χ3n) is 2.88. The van der Waals surface area contributed by atoms with Crippen molar-refractivity contribution in [2.45, 2.75) is 25.7 Å². The van der Waals surface area contributed by atoms with E-state index in [1.807, 2.05) is 0 Å². The highest BCUT2D eigenvalue weighted by atomic mass is 32.2. The van der Waals surface area contributed by atoms with Gasteiger partial charge in [-0.05, 0) is 25.7 Å². The van der Waals surface area contributed by atoms with E-state index in [2.05, 4.69) is 4.74 Å². The second-order valence-electron chi connectivity index (χ2n) is 3.89. The van der Waals surface area contributed by atoms with Crippen molar-refractivity contribution in [3.8, 4) is 0 Å². The van der Waals surface area contributed by atoms with Crippen LogP contribution in [0.5, 0.6) is 0 Å². The summed E-state index contributed by atoms with van der Waals surface area (Å²) in [6.45, 7) is 0. The summed E-state index contributed by atoms with van der Waals surface area (Å²) in [5.74, 6) is -1.14. The number of esters is 1. The van der Waals surface area contributed by atoms with Crippen LogP contribution in [-0.4, -0.2) is 36.6 Å². The van der Waals surface area contributed by atoms with Crippen molar-refractivity contribution in [3.63, 3.8) is 0 Å². The average Bonchev–Trinajstić information content (AvgIpc) is 2.26. The van der Waals surface area contributed by atoms with E-state index >= 15 is 0 Å². The molecular formula is C9H15O6S-. The highest BCUT2D eigenvalue weighted by molar-refractivity contribution is 7.91. The molecule has 0 aromatic heterocycles. The lowest BCUT2D eigenvalue weighted by atomic mass is 9.82. The summed E-state index contributed by atoms with van der Waals surface area (Å²) < 4.78 is 34.6. The van der Waals surface area contributed by atoms with Crippen molar-refractivity contribution in [2.75, 3.05) is 7.11 Å². The maximum Gasteiger partial charge on any atom is 0.308 e. The van der Waals surface area contributed by atoms with Gasteiger partial charge in [-0.3, -0.25) is 9.00 Å². The van der Waals surface area contributed by atoms with E-state index < -0.39 is 21.1 Å². The summed E-state index contributed by atoms with van der Waals surface area (Å²) in [6.07, 6.45) is 1.62. The summed E-state index contributed by atoms with van der Waals surface area (Å²) in [6, 6.07) is 0. The van der Waals surface area contributed by atoms with Crippen LogP contribution in [0.2, 0.25) is 0 Å². The van der Waals surface area contributed by atoms with Crippen molar-refractivity contribution < 1.29 is 28.0 Å². The van der Waals surface area contributed by atoms with Crippen LogP contribution in [0.15, 0.2) is 0 Å². The highest BCUT2D eigenvalue weighted by Crippen LogP contribution is 2.30. The van der Waals surface area contributed by atoms with Crippen molar-refractivity contribution in [1.82, 2.24) is 0 Å². The molecule has 1 aliphatic rings. The van der Waals surface area contributed by atoms with Gasteiger partial charge in [0, 0.05) is 16.0 Å². The summed E-state index contributed by atoms with van der Waals surface area (Å²) in [5.41, 5.74) is 0. The third-order valence-corrected chi connectivity index (χ3v) is 3.74. The Hall–Kier alpha value is -0.630. The minimum absolute atomic E-state index is 0.240. The number of hydrogen-bond acceptors (Lipinski definition) is 4. The molecule has 16 heavy (non-hydrogen) atoms. The molecule has 7 heteroatoms. The molecule has 1 saturated carbocycles. The average molecular weight is 251 g/mol. The molecule has 0 heterocycles. The first kappa shape index (κ1) is 13.4. The van der Waals surface area contributed by atoms with Gasteiger partial charge in [0.25, 0.3) is 0 Å². The topological polar surface area (TPSA) is 107 Å². The molecule has 0 spiro atoms. The van der Waals surface area contributed by atoms with Gasteiger partial charge >= 0.3 is 5.97 Å². The number of methoxy groups -OCH3 is 1. The Balaban J connectivity index is 2.63. The van der Waals surface area contributed by atoms with Gasteiger partial charge in [0.15, 0.2) is 0 Å². The second kappa shape index (κ2) is 5.13. The number of rotatable bonds is 2. The van der Waals surface area contributed by atoms with E-state index in [-0.39, 0.29) is 11.9 Å². The summed E-state index contributed by atoms with van der Waals surface area (Å²) in [7, 11) is -3.19. The molecule has 1 atom stereocenters. The minimum Gasteiger partial charge on any atom is -0.755 e. The minimum atomic E-state index is -4.49. The van der Waals surface area contributed by atoms with E-state index in [9.17, 15) is 18.7 Å².